The van der Waals surface area contributed by atoms with Crippen LogP contribution in [0.3, 0.4) is 0 Å². The van der Waals surface area contributed by atoms with E-state index in [9.17, 15) is 14.0 Å². The number of amides is 2. The van der Waals surface area contributed by atoms with Crippen LogP contribution in [0.25, 0.3) is 17.0 Å². The van der Waals surface area contributed by atoms with E-state index in [4.69, 9.17) is 14.2 Å². The molecule has 0 saturated carbocycles. The van der Waals surface area contributed by atoms with Crippen LogP contribution in [0.1, 0.15) is 11.1 Å². The lowest BCUT2D eigenvalue weighted by Gasteiger charge is -2.12. The highest BCUT2D eigenvalue weighted by atomic mass is 79.9. The van der Waals surface area contributed by atoms with Crippen LogP contribution in [0.4, 0.5) is 9.18 Å². The highest BCUT2D eigenvalue weighted by Crippen LogP contribution is 2.37. The maximum Gasteiger partial charge on any atom is 0.293 e. The smallest absolute Gasteiger partial charge is 0.293 e. The van der Waals surface area contributed by atoms with Crippen molar-refractivity contribution in [2.24, 2.45) is 0 Å². The minimum Gasteiger partial charge on any atom is -0.492 e. The number of thioether (sulfide) groups is 1. The lowest BCUT2D eigenvalue weighted by Crippen LogP contribution is -2.27. The van der Waals surface area contributed by atoms with E-state index in [1.807, 2.05) is 36.5 Å². The highest BCUT2D eigenvalue weighted by molar-refractivity contribution is 9.10. The number of fused-ring (bicyclic) bond motifs is 2. The van der Waals surface area contributed by atoms with Crippen LogP contribution in [0, 0.1) is 5.82 Å². The fourth-order valence-electron chi connectivity index (χ4n) is 4.38. The quantitative estimate of drug-likeness (QED) is 0.225. The third-order valence-electron chi connectivity index (χ3n) is 6.23. The lowest BCUT2D eigenvalue weighted by atomic mass is 10.1. The Morgan fingerprint density at radius 2 is 1.84 bits per heavy atom. The summed E-state index contributed by atoms with van der Waals surface area (Å²) in [5.74, 6) is 1.31. The molecule has 3 heterocycles. The summed E-state index contributed by atoms with van der Waals surface area (Å²) >= 11 is 4.43. The van der Waals surface area contributed by atoms with Gasteiger partial charge in [0.2, 0.25) is 6.79 Å². The molecule has 0 N–H and O–H groups in total. The Balaban J connectivity index is 1.22. The van der Waals surface area contributed by atoms with Crippen molar-refractivity contribution >= 4 is 55.8 Å². The van der Waals surface area contributed by atoms with Gasteiger partial charge >= 0.3 is 0 Å². The Labute approximate surface area is 229 Å². The van der Waals surface area contributed by atoms with E-state index in [0.29, 0.717) is 40.9 Å². The molecule has 0 radical (unpaired) electrons. The van der Waals surface area contributed by atoms with Gasteiger partial charge in [0.05, 0.1) is 18.0 Å². The van der Waals surface area contributed by atoms with Gasteiger partial charge in [-0.05, 0) is 65.9 Å². The van der Waals surface area contributed by atoms with Crippen LogP contribution in [-0.2, 0) is 17.9 Å². The zero-order valence-electron chi connectivity index (χ0n) is 19.9. The number of rotatable bonds is 7. The Kier molecular flexibility index (Phi) is 6.59. The molecule has 10 heteroatoms. The standard InChI is InChI=1S/C28H20BrFN2O5S/c29-19-3-7-23-22(12-19)18(15-31(23)9-10-35-21-6-8-24-25(13-21)37-16-36-24)11-26-27(33)32(28(34)38-26)14-17-1-4-20(30)5-2-17/h1-8,11-13,15H,9-10,14,16H2/b26-11-. The monoisotopic (exact) mass is 594 g/mol. The van der Waals surface area contributed by atoms with E-state index < -0.39 is 0 Å². The molecule has 0 spiro atoms. The van der Waals surface area contributed by atoms with Gasteiger partial charge < -0.3 is 18.8 Å². The molecule has 0 aliphatic carbocycles. The first-order valence-electron chi connectivity index (χ1n) is 11.8. The summed E-state index contributed by atoms with van der Waals surface area (Å²) in [5.41, 5.74) is 2.47. The zero-order chi connectivity index (χ0) is 26.2. The molecule has 2 aliphatic heterocycles. The van der Waals surface area contributed by atoms with Gasteiger partial charge in [0.15, 0.2) is 11.5 Å². The van der Waals surface area contributed by atoms with E-state index in [2.05, 4.69) is 20.5 Å². The zero-order valence-corrected chi connectivity index (χ0v) is 22.3. The van der Waals surface area contributed by atoms with Gasteiger partial charge in [0, 0.05) is 33.2 Å². The second-order valence-electron chi connectivity index (χ2n) is 8.70. The Hall–Kier alpha value is -3.76. The number of hydrogen-bond acceptors (Lipinski definition) is 6. The third-order valence-corrected chi connectivity index (χ3v) is 7.63. The van der Waals surface area contributed by atoms with Gasteiger partial charge in [0.25, 0.3) is 11.1 Å². The average molecular weight is 595 g/mol. The molecular weight excluding hydrogens is 575 g/mol. The topological polar surface area (TPSA) is 70.0 Å². The Morgan fingerprint density at radius 1 is 1.03 bits per heavy atom. The van der Waals surface area contributed by atoms with Crippen LogP contribution in [0.5, 0.6) is 17.2 Å². The van der Waals surface area contributed by atoms with E-state index in [1.165, 1.54) is 17.0 Å². The second kappa shape index (κ2) is 10.2. The predicted molar refractivity (Wildman–Crippen MR) is 146 cm³/mol. The molecule has 1 aromatic heterocycles. The Morgan fingerprint density at radius 3 is 2.68 bits per heavy atom. The van der Waals surface area contributed by atoms with Gasteiger partial charge in [-0.3, -0.25) is 14.5 Å². The van der Waals surface area contributed by atoms with Crippen LogP contribution < -0.4 is 14.2 Å². The van der Waals surface area contributed by atoms with Crippen LogP contribution in [0.2, 0.25) is 0 Å². The minimum atomic E-state index is -0.369. The average Bonchev–Trinajstić information content (AvgIpc) is 3.58. The van der Waals surface area contributed by atoms with Crippen molar-refractivity contribution in [2.75, 3.05) is 13.4 Å². The van der Waals surface area contributed by atoms with E-state index >= 15 is 0 Å². The molecule has 0 bridgehead atoms. The van der Waals surface area contributed by atoms with E-state index in [1.54, 1.807) is 24.3 Å². The van der Waals surface area contributed by atoms with E-state index in [-0.39, 0.29) is 30.3 Å². The molecule has 3 aromatic carbocycles. The molecule has 4 aromatic rings. The number of halogens is 2. The highest BCUT2D eigenvalue weighted by Gasteiger charge is 2.35. The molecule has 7 nitrogen and oxygen atoms in total. The summed E-state index contributed by atoms with van der Waals surface area (Å²) in [6.45, 7) is 1.27. The van der Waals surface area contributed by atoms with Crippen molar-refractivity contribution in [1.29, 1.82) is 0 Å². The van der Waals surface area contributed by atoms with Crippen molar-refractivity contribution in [3.05, 3.63) is 93.2 Å². The predicted octanol–water partition coefficient (Wildman–Crippen LogP) is 6.59. The summed E-state index contributed by atoms with van der Waals surface area (Å²) in [5, 5.41) is 0.584. The van der Waals surface area contributed by atoms with Gasteiger partial charge in [-0.25, -0.2) is 4.39 Å². The van der Waals surface area contributed by atoms with Crippen molar-refractivity contribution in [3.63, 3.8) is 0 Å². The summed E-state index contributed by atoms with van der Waals surface area (Å²) in [4.78, 5) is 27.3. The molecule has 38 heavy (non-hydrogen) atoms. The molecule has 1 fully saturated rings. The fourth-order valence-corrected chi connectivity index (χ4v) is 5.57. The number of ether oxygens (including phenoxy) is 3. The van der Waals surface area contributed by atoms with Gasteiger partial charge in [-0.15, -0.1) is 0 Å². The molecule has 0 atom stereocenters. The van der Waals surface area contributed by atoms with Crippen LogP contribution in [-0.4, -0.2) is 34.0 Å². The fraction of sp³-hybridized carbons (Fsp3) is 0.143. The first-order valence-corrected chi connectivity index (χ1v) is 13.4. The van der Waals surface area contributed by atoms with Gasteiger partial charge in [0.1, 0.15) is 18.2 Å². The number of carbonyl (C=O) groups excluding carboxylic acids is 2. The molecule has 6 rings (SSSR count). The molecule has 1 saturated heterocycles. The van der Waals surface area contributed by atoms with Crippen molar-refractivity contribution < 1.29 is 28.2 Å². The summed E-state index contributed by atoms with van der Waals surface area (Å²) in [6.07, 6.45) is 3.70. The molecule has 2 amide bonds. The molecular formula is C28H20BrFN2O5S. The Bertz CT molecular complexity index is 1600. The van der Waals surface area contributed by atoms with Gasteiger partial charge in [-0.2, -0.15) is 0 Å². The molecule has 0 unspecified atom stereocenters. The summed E-state index contributed by atoms with van der Waals surface area (Å²) in [7, 11) is 0. The van der Waals surface area contributed by atoms with Crippen molar-refractivity contribution in [2.45, 2.75) is 13.1 Å². The molecule has 192 valence electrons. The van der Waals surface area contributed by atoms with E-state index in [0.717, 1.165) is 32.7 Å². The number of benzene rings is 3. The van der Waals surface area contributed by atoms with Crippen LogP contribution in [0.15, 0.2) is 76.2 Å². The van der Waals surface area contributed by atoms with Gasteiger partial charge in [-0.1, -0.05) is 28.1 Å². The summed E-state index contributed by atoms with van der Waals surface area (Å²) < 4.78 is 32.9. The third kappa shape index (κ3) is 4.89. The largest absolute Gasteiger partial charge is 0.492 e. The number of aromatic nitrogens is 1. The first-order chi connectivity index (χ1) is 18.4. The van der Waals surface area contributed by atoms with Crippen LogP contribution >= 0.6 is 27.7 Å². The number of imide groups is 1. The minimum absolute atomic E-state index is 0.0901. The molecule has 2 aliphatic rings. The lowest BCUT2D eigenvalue weighted by molar-refractivity contribution is -0.123. The number of nitrogens with zero attached hydrogens (tertiary/aromatic N) is 2. The number of carbonyl (C=O) groups is 2. The first kappa shape index (κ1) is 24.6. The summed E-state index contributed by atoms with van der Waals surface area (Å²) in [6, 6.07) is 17.2. The maximum absolute atomic E-state index is 13.2. The van der Waals surface area contributed by atoms with Crippen molar-refractivity contribution in [1.82, 2.24) is 9.47 Å². The normalized spacial score (nSPS) is 15.7. The maximum atomic E-state index is 13.2. The van der Waals surface area contributed by atoms with Crippen molar-refractivity contribution in [3.8, 4) is 17.2 Å². The second-order valence-corrected chi connectivity index (χ2v) is 10.6. The SMILES string of the molecule is O=C1S/C(=C\c2cn(CCOc3ccc4c(c3)OCO4)c3ccc(Br)cc23)C(=O)N1Cc1ccc(F)cc1. The number of hydrogen-bond donors (Lipinski definition) is 0.